The maximum Gasteiger partial charge on any atom is 0.255 e. The molecular weight excluding hydrogens is 458 g/mol. The van der Waals surface area contributed by atoms with Crippen molar-refractivity contribution in [2.75, 3.05) is 0 Å². The van der Waals surface area contributed by atoms with E-state index in [1.165, 1.54) is 0 Å². The van der Waals surface area contributed by atoms with Gasteiger partial charge in [0.2, 0.25) is 0 Å². The van der Waals surface area contributed by atoms with Gasteiger partial charge in [0.15, 0.2) is 0 Å². The summed E-state index contributed by atoms with van der Waals surface area (Å²) >= 11 is 4.13. The zero-order valence-electron chi connectivity index (χ0n) is 9.21. The second kappa shape index (κ2) is 5.91. The van der Waals surface area contributed by atoms with Gasteiger partial charge in [0.25, 0.3) is 5.91 Å². The van der Waals surface area contributed by atoms with Gasteiger partial charge in [-0.3, -0.25) is 4.79 Å². The molecule has 0 bridgehead atoms. The largest absolute Gasteiger partial charge is 0.506 e. The summed E-state index contributed by atoms with van der Waals surface area (Å²) in [5, 5.41) is 12.6. The molecule has 2 aromatic rings. The number of halogens is 2. The molecule has 0 saturated heterocycles. The van der Waals surface area contributed by atoms with Gasteiger partial charge in [-0.2, -0.15) is 0 Å². The zero-order valence-corrected chi connectivity index (χ0v) is 13.5. The number of rotatable bonds is 3. The Bertz CT molecular complexity index is 568. The van der Waals surface area contributed by atoms with Crippen LogP contribution in [0, 0.1) is 7.14 Å². The molecule has 1 aromatic carbocycles. The molecule has 0 radical (unpaired) electrons. The number of hydrogen-bond donors (Lipinski definition) is 3. The summed E-state index contributed by atoms with van der Waals surface area (Å²) in [5.74, 6) is -0.243. The summed E-state index contributed by atoms with van der Waals surface area (Å²) in [5.41, 5.74) is 1.30. The molecule has 6 heteroatoms. The van der Waals surface area contributed by atoms with Crippen LogP contribution in [0.3, 0.4) is 0 Å². The average Bonchev–Trinajstić information content (AvgIpc) is 2.83. The number of phenolic OH excluding ortho intramolecular Hbond substituents is 1. The molecule has 1 heterocycles. The molecule has 0 aliphatic heterocycles. The van der Waals surface area contributed by atoms with Crippen molar-refractivity contribution < 1.29 is 9.90 Å². The minimum atomic E-state index is -0.273. The lowest BCUT2D eigenvalue weighted by Gasteiger charge is -2.08. The molecule has 0 spiro atoms. The second-order valence-corrected chi connectivity index (χ2v) is 6.09. The number of aromatic hydroxyl groups is 1. The Balaban J connectivity index is 2.14. The first kappa shape index (κ1) is 13.7. The van der Waals surface area contributed by atoms with Gasteiger partial charge < -0.3 is 15.4 Å². The Morgan fingerprint density at radius 1 is 1.39 bits per heavy atom. The minimum absolute atomic E-state index is 0.0302. The Kier molecular flexibility index (Phi) is 4.49. The van der Waals surface area contributed by atoms with E-state index in [-0.39, 0.29) is 11.7 Å². The summed E-state index contributed by atoms with van der Waals surface area (Å²) in [6, 6.07) is 5.38. The van der Waals surface area contributed by atoms with Crippen LogP contribution in [0.4, 0.5) is 0 Å². The normalized spacial score (nSPS) is 10.3. The zero-order chi connectivity index (χ0) is 13.1. The highest BCUT2D eigenvalue weighted by molar-refractivity contribution is 14.1. The van der Waals surface area contributed by atoms with Crippen LogP contribution in [-0.2, 0) is 6.54 Å². The van der Waals surface area contributed by atoms with Gasteiger partial charge in [-0.05, 0) is 68.9 Å². The molecule has 0 aliphatic rings. The highest BCUT2D eigenvalue weighted by atomic mass is 127. The summed E-state index contributed by atoms with van der Waals surface area (Å²) in [6.45, 7) is 0.434. The van der Waals surface area contributed by atoms with E-state index in [2.05, 4.69) is 32.9 Å². The van der Waals surface area contributed by atoms with E-state index in [9.17, 15) is 9.90 Å². The van der Waals surface area contributed by atoms with Crippen LogP contribution >= 0.6 is 45.2 Å². The fourth-order valence-corrected chi connectivity index (χ4v) is 3.33. The average molecular weight is 468 g/mol. The minimum Gasteiger partial charge on any atom is -0.506 e. The fourth-order valence-electron chi connectivity index (χ4n) is 1.49. The molecule has 0 fully saturated rings. The number of H-pyrrole nitrogens is 1. The summed E-state index contributed by atoms with van der Waals surface area (Å²) in [7, 11) is 0. The van der Waals surface area contributed by atoms with Crippen LogP contribution < -0.4 is 5.32 Å². The molecule has 0 aliphatic carbocycles. The Morgan fingerprint density at radius 3 is 2.83 bits per heavy atom. The van der Waals surface area contributed by atoms with E-state index < -0.39 is 0 Å². The molecule has 3 N–H and O–H groups in total. The number of amides is 1. The van der Waals surface area contributed by atoms with Gasteiger partial charge >= 0.3 is 0 Å². The molecule has 1 aromatic heterocycles. The van der Waals surface area contributed by atoms with Gasteiger partial charge in [0.05, 0.1) is 9.13 Å². The van der Waals surface area contributed by atoms with Crippen molar-refractivity contribution in [2.45, 2.75) is 6.54 Å². The molecule has 4 nitrogen and oxygen atoms in total. The van der Waals surface area contributed by atoms with Crippen LogP contribution in [0.15, 0.2) is 30.6 Å². The van der Waals surface area contributed by atoms with Crippen molar-refractivity contribution >= 4 is 51.1 Å². The quantitative estimate of drug-likeness (QED) is 0.608. The fraction of sp³-hybridized carbons (Fsp3) is 0.0833. The molecule has 0 unspecified atom stereocenters. The number of carbonyl (C=O) groups is 1. The first-order chi connectivity index (χ1) is 8.58. The monoisotopic (exact) mass is 468 g/mol. The standard InChI is InChI=1S/C12H10I2N2O2/c13-8-3-9(11(17)10(14)4-8)12(18)16-6-7-1-2-15-5-7/h1-5,15,17H,6H2,(H,16,18). The van der Waals surface area contributed by atoms with Crippen molar-refractivity contribution in [3.8, 4) is 5.75 Å². The van der Waals surface area contributed by atoms with Crippen molar-refractivity contribution in [3.05, 3.63) is 48.9 Å². The Morgan fingerprint density at radius 2 is 2.17 bits per heavy atom. The van der Waals surface area contributed by atoms with Gasteiger partial charge in [0, 0.05) is 22.5 Å². The maximum atomic E-state index is 12.0. The summed E-state index contributed by atoms with van der Waals surface area (Å²) in [4.78, 5) is 14.9. The predicted molar refractivity (Wildman–Crippen MR) is 85.5 cm³/mol. The van der Waals surface area contributed by atoms with Crippen molar-refractivity contribution in [3.63, 3.8) is 0 Å². The van der Waals surface area contributed by atoms with Crippen molar-refractivity contribution in [1.82, 2.24) is 10.3 Å². The van der Waals surface area contributed by atoms with E-state index in [1.807, 2.05) is 40.9 Å². The smallest absolute Gasteiger partial charge is 0.255 e. The van der Waals surface area contributed by atoms with E-state index in [4.69, 9.17) is 0 Å². The Labute approximate surface area is 131 Å². The first-order valence-corrected chi connectivity index (χ1v) is 7.31. The van der Waals surface area contributed by atoms with Crippen molar-refractivity contribution in [1.29, 1.82) is 0 Å². The molecule has 1 amide bonds. The van der Waals surface area contributed by atoms with Gasteiger partial charge in [-0.25, -0.2) is 0 Å². The van der Waals surface area contributed by atoms with Crippen LogP contribution in [0.5, 0.6) is 5.75 Å². The third-order valence-corrected chi connectivity index (χ3v) is 3.83. The molecule has 0 atom stereocenters. The van der Waals surface area contributed by atoms with E-state index in [0.29, 0.717) is 15.7 Å². The maximum absolute atomic E-state index is 12.0. The van der Waals surface area contributed by atoms with Crippen LogP contribution in [-0.4, -0.2) is 16.0 Å². The van der Waals surface area contributed by atoms with E-state index in [1.54, 1.807) is 12.3 Å². The Hall–Kier alpha value is -0.770. The number of nitrogens with one attached hydrogen (secondary N) is 2. The number of benzene rings is 1. The highest BCUT2D eigenvalue weighted by Gasteiger charge is 2.14. The van der Waals surface area contributed by atoms with Crippen LogP contribution in [0.25, 0.3) is 0 Å². The van der Waals surface area contributed by atoms with Gasteiger partial charge in [-0.1, -0.05) is 0 Å². The van der Waals surface area contributed by atoms with E-state index >= 15 is 0 Å². The van der Waals surface area contributed by atoms with E-state index in [0.717, 1.165) is 9.13 Å². The molecule has 94 valence electrons. The number of aromatic nitrogens is 1. The van der Waals surface area contributed by atoms with Crippen LogP contribution in [0.2, 0.25) is 0 Å². The molecule has 0 saturated carbocycles. The van der Waals surface area contributed by atoms with Gasteiger partial charge in [-0.15, -0.1) is 0 Å². The third-order valence-electron chi connectivity index (χ3n) is 2.39. The molecule has 2 rings (SSSR count). The first-order valence-electron chi connectivity index (χ1n) is 5.16. The van der Waals surface area contributed by atoms with Gasteiger partial charge in [0.1, 0.15) is 5.75 Å². The lowest BCUT2D eigenvalue weighted by atomic mass is 10.2. The lowest BCUT2D eigenvalue weighted by molar-refractivity contribution is 0.0948. The summed E-state index contributed by atoms with van der Waals surface area (Å²) in [6.07, 6.45) is 3.62. The SMILES string of the molecule is O=C(NCc1cc[nH]c1)c1cc(I)cc(I)c1O. The predicted octanol–water partition coefficient (Wildman–Crippen LogP) is 2.86. The van der Waals surface area contributed by atoms with Crippen molar-refractivity contribution in [2.24, 2.45) is 0 Å². The molecule has 18 heavy (non-hydrogen) atoms. The number of phenols is 1. The lowest BCUT2D eigenvalue weighted by Crippen LogP contribution is -2.23. The third kappa shape index (κ3) is 3.16. The highest BCUT2D eigenvalue weighted by Crippen LogP contribution is 2.26. The van der Waals surface area contributed by atoms with Crippen LogP contribution in [0.1, 0.15) is 15.9 Å². The second-order valence-electron chi connectivity index (χ2n) is 3.69. The molecular formula is C12H10I2N2O2. The summed E-state index contributed by atoms with van der Waals surface area (Å²) < 4.78 is 1.59. The topological polar surface area (TPSA) is 65.1 Å². The number of hydrogen-bond acceptors (Lipinski definition) is 2. The number of carbonyl (C=O) groups excluding carboxylic acids is 1. The number of aromatic amines is 1.